The smallest absolute Gasteiger partial charge is 0.172 e. The lowest BCUT2D eigenvalue weighted by molar-refractivity contribution is 0.371. The van der Waals surface area contributed by atoms with Gasteiger partial charge >= 0.3 is 0 Å². The van der Waals surface area contributed by atoms with E-state index in [4.69, 9.17) is 4.74 Å². The molecule has 0 saturated heterocycles. The molecule has 2 aromatic carbocycles. The minimum atomic E-state index is 0.135. The minimum absolute atomic E-state index is 0.135. The van der Waals surface area contributed by atoms with Crippen LogP contribution in [0, 0.1) is 13.8 Å². The maximum absolute atomic E-state index is 9.86. The Morgan fingerprint density at radius 3 is 2.29 bits per heavy atom. The largest absolute Gasteiger partial charge is 0.503 e. The molecular weight excluding hydrogens is 330 g/mol. The summed E-state index contributed by atoms with van der Waals surface area (Å²) in [4.78, 5) is 2.18. The van der Waals surface area contributed by atoms with Gasteiger partial charge in [0.2, 0.25) is 0 Å². The van der Waals surface area contributed by atoms with E-state index >= 15 is 0 Å². The van der Waals surface area contributed by atoms with E-state index < -0.39 is 0 Å². The summed E-state index contributed by atoms with van der Waals surface area (Å²) in [5, 5.41) is 9.86. The van der Waals surface area contributed by atoms with Gasteiger partial charge in [-0.1, -0.05) is 6.07 Å². The second-order valence-corrected chi connectivity index (χ2v) is 6.18. The van der Waals surface area contributed by atoms with Crippen LogP contribution >= 0.6 is 15.9 Å². The molecule has 0 heterocycles. The van der Waals surface area contributed by atoms with Crippen molar-refractivity contribution in [1.82, 2.24) is 0 Å². The number of methoxy groups -OCH3 is 1. The van der Waals surface area contributed by atoms with E-state index in [1.165, 1.54) is 16.8 Å². The molecule has 4 heteroatoms. The van der Waals surface area contributed by atoms with Crippen molar-refractivity contribution in [3.8, 4) is 11.5 Å². The number of hydrogen-bond acceptors (Lipinski definition) is 3. The lowest BCUT2D eigenvalue weighted by atomic mass is 10.1. The van der Waals surface area contributed by atoms with E-state index in [-0.39, 0.29) is 5.75 Å². The van der Waals surface area contributed by atoms with Crippen LogP contribution < -0.4 is 9.64 Å². The van der Waals surface area contributed by atoms with Crippen molar-refractivity contribution in [2.24, 2.45) is 0 Å². The average Bonchev–Trinajstić information content (AvgIpc) is 2.41. The van der Waals surface area contributed by atoms with Crippen molar-refractivity contribution >= 4 is 21.6 Å². The van der Waals surface area contributed by atoms with Crippen molar-refractivity contribution in [1.29, 1.82) is 0 Å². The third-order valence-electron chi connectivity index (χ3n) is 3.38. The standard InChI is InChI=1S/C17H20BrNO2/c1-11-5-12(2)7-14(6-11)19(3)10-13-8-15(18)17(20)16(9-13)21-4/h5-9,20H,10H2,1-4H3. The van der Waals surface area contributed by atoms with Gasteiger partial charge in [-0.15, -0.1) is 0 Å². The summed E-state index contributed by atoms with van der Waals surface area (Å²) in [7, 11) is 3.61. The predicted molar refractivity (Wildman–Crippen MR) is 90.4 cm³/mol. The zero-order valence-corrected chi connectivity index (χ0v) is 14.4. The van der Waals surface area contributed by atoms with Crippen LogP contribution in [-0.4, -0.2) is 19.3 Å². The van der Waals surface area contributed by atoms with Gasteiger partial charge in [0.25, 0.3) is 0 Å². The highest BCUT2D eigenvalue weighted by molar-refractivity contribution is 9.10. The Hall–Kier alpha value is -1.68. The van der Waals surface area contributed by atoms with Gasteiger partial charge in [-0.3, -0.25) is 0 Å². The number of rotatable bonds is 4. The fourth-order valence-electron chi connectivity index (χ4n) is 2.41. The monoisotopic (exact) mass is 349 g/mol. The Morgan fingerprint density at radius 1 is 1.10 bits per heavy atom. The summed E-state index contributed by atoms with van der Waals surface area (Å²) in [6.45, 7) is 4.94. The molecule has 0 saturated carbocycles. The van der Waals surface area contributed by atoms with Crippen LogP contribution in [0.4, 0.5) is 5.69 Å². The van der Waals surface area contributed by atoms with Gasteiger partial charge in [0.05, 0.1) is 11.6 Å². The van der Waals surface area contributed by atoms with E-state index in [9.17, 15) is 5.11 Å². The van der Waals surface area contributed by atoms with Gasteiger partial charge in [-0.05, 0) is 70.7 Å². The minimum Gasteiger partial charge on any atom is -0.503 e. The molecule has 0 fully saturated rings. The Balaban J connectivity index is 2.27. The maximum atomic E-state index is 9.86. The number of aryl methyl sites for hydroxylation is 2. The van der Waals surface area contributed by atoms with Crippen molar-refractivity contribution in [2.75, 3.05) is 19.1 Å². The topological polar surface area (TPSA) is 32.7 Å². The Morgan fingerprint density at radius 2 is 1.71 bits per heavy atom. The first-order chi connectivity index (χ1) is 9.90. The Labute approximate surface area is 134 Å². The molecule has 0 aliphatic carbocycles. The number of benzene rings is 2. The van der Waals surface area contributed by atoms with Gasteiger partial charge in [0.1, 0.15) is 0 Å². The third kappa shape index (κ3) is 3.70. The van der Waals surface area contributed by atoms with Crippen LogP contribution in [0.5, 0.6) is 11.5 Å². The van der Waals surface area contributed by atoms with Gasteiger partial charge in [0.15, 0.2) is 11.5 Å². The van der Waals surface area contributed by atoms with Crippen LogP contribution in [0.2, 0.25) is 0 Å². The van der Waals surface area contributed by atoms with E-state index in [0.29, 0.717) is 10.2 Å². The lowest BCUT2D eigenvalue weighted by Crippen LogP contribution is -2.16. The number of ether oxygens (including phenoxy) is 1. The lowest BCUT2D eigenvalue weighted by Gasteiger charge is -2.21. The van der Waals surface area contributed by atoms with Crippen molar-refractivity contribution < 1.29 is 9.84 Å². The SMILES string of the molecule is COc1cc(CN(C)c2cc(C)cc(C)c2)cc(Br)c1O. The van der Waals surface area contributed by atoms with Gasteiger partial charge in [-0.2, -0.15) is 0 Å². The van der Waals surface area contributed by atoms with Gasteiger partial charge in [-0.25, -0.2) is 0 Å². The first-order valence-corrected chi connectivity index (χ1v) is 7.55. The second-order valence-electron chi connectivity index (χ2n) is 5.33. The summed E-state index contributed by atoms with van der Waals surface area (Å²) in [5.74, 6) is 0.614. The fraction of sp³-hybridized carbons (Fsp3) is 0.294. The molecule has 112 valence electrons. The van der Waals surface area contributed by atoms with Crippen LogP contribution in [0.25, 0.3) is 0 Å². The summed E-state index contributed by atoms with van der Waals surface area (Å²) in [6, 6.07) is 10.3. The fourth-order valence-corrected chi connectivity index (χ4v) is 2.90. The Bertz CT molecular complexity index is 635. The number of nitrogens with zero attached hydrogens (tertiary/aromatic N) is 1. The van der Waals surface area contributed by atoms with Crippen LogP contribution in [0.1, 0.15) is 16.7 Å². The zero-order valence-electron chi connectivity index (χ0n) is 12.8. The number of halogens is 1. The predicted octanol–water partition coefficient (Wildman–Crippen LogP) is 4.42. The summed E-state index contributed by atoms with van der Waals surface area (Å²) in [6.07, 6.45) is 0. The van der Waals surface area contributed by atoms with Gasteiger partial charge < -0.3 is 14.7 Å². The van der Waals surface area contributed by atoms with E-state index in [2.05, 4.69) is 59.9 Å². The maximum Gasteiger partial charge on any atom is 0.172 e. The second kappa shape index (κ2) is 6.39. The molecule has 21 heavy (non-hydrogen) atoms. The molecule has 3 nitrogen and oxygen atoms in total. The first kappa shape index (κ1) is 15.7. The molecule has 1 N–H and O–H groups in total. The van der Waals surface area contributed by atoms with Crippen LogP contribution in [0.15, 0.2) is 34.8 Å². The zero-order chi connectivity index (χ0) is 15.6. The summed E-state index contributed by atoms with van der Waals surface area (Å²) in [5.41, 5.74) is 4.75. The number of phenolic OH excluding ortho intramolecular Hbond substituents is 1. The summed E-state index contributed by atoms with van der Waals surface area (Å²) < 4.78 is 5.84. The quantitative estimate of drug-likeness (QED) is 0.886. The third-order valence-corrected chi connectivity index (χ3v) is 3.98. The molecule has 0 bridgehead atoms. The number of anilines is 1. The molecule has 2 rings (SSSR count). The van der Waals surface area contributed by atoms with Crippen molar-refractivity contribution in [3.63, 3.8) is 0 Å². The Kier molecular flexibility index (Phi) is 4.78. The van der Waals surface area contributed by atoms with Gasteiger partial charge in [0, 0.05) is 19.3 Å². The molecule has 0 aliphatic heterocycles. The summed E-state index contributed by atoms with van der Waals surface area (Å²) >= 11 is 3.36. The van der Waals surface area contributed by atoms with Crippen molar-refractivity contribution in [3.05, 3.63) is 51.5 Å². The first-order valence-electron chi connectivity index (χ1n) is 6.75. The van der Waals surface area contributed by atoms with Crippen molar-refractivity contribution in [2.45, 2.75) is 20.4 Å². The molecule has 0 amide bonds. The molecule has 2 aromatic rings. The highest BCUT2D eigenvalue weighted by atomic mass is 79.9. The number of hydrogen-bond donors (Lipinski definition) is 1. The molecule has 0 radical (unpaired) electrons. The molecule has 0 unspecified atom stereocenters. The number of aromatic hydroxyl groups is 1. The molecule has 0 spiro atoms. The highest BCUT2D eigenvalue weighted by Crippen LogP contribution is 2.35. The van der Waals surface area contributed by atoms with E-state index in [0.717, 1.165) is 12.1 Å². The van der Waals surface area contributed by atoms with Crippen LogP contribution in [-0.2, 0) is 6.54 Å². The molecule has 0 aromatic heterocycles. The molecule has 0 atom stereocenters. The average molecular weight is 350 g/mol. The number of phenols is 1. The normalized spacial score (nSPS) is 10.5. The van der Waals surface area contributed by atoms with E-state index in [1.54, 1.807) is 7.11 Å². The van der Waals surface area contributed by atoms with Crippen LogP contribution in [0.3, 0.4) is 0 Å². The highest BCUT2D eigenvalue weighted by Gasteiger charge is 2.10. The molecular formula is C17H20BrNO2. The molecule has 0 aliphatic rings. The van der Waals surface area contributed by atoms with E-state index in [1.807, 2.05) is 12.1 Å².